The molecule has 2 unspecified atom stereocenters. The van der Waals surface area contributed by atoms with Crippen LogP contribution in [0.2, 0.25) is 0 Å². The van der Waals surface area contributed by atoms with Crippen molar-refractivity contribution in [2.45, 2.75) is 57.8 Å². The molecule has 0 aromatic carbocycles. The monoisotopic (exact) mass is 227 g/mol. The van der Waals surface area contributed by atoms with Gasteiger partial charge < -0.3 is 14.8 Å². The molecule has 0 radical (unpaired) electrons. The highest BCUT2D eigenvalue weighted by Gasteiger charge is 2.30. The molecule has 3 nitrogen and oxygen atoms in total. The molecule has 1 aliphatic heterocycles. The highest BCUT2D eigenvalue weighted by Crippen LogP contribution is 2.25. The van der Waals surface area contributed by atoms with Crippen molar-refractivity contribution >= 4 is 0 Å². The first kappa shape index (κ1) is 12.3. The Bertz CT molecular complexity index is 214. The Hall–Kier alpha value is -0.120. The van der Waals surface area contributed by atoms with E-state index in [-0.39, 0.29) is 5.79 Å². The van der Waals surface area contributed by atoms with Gasteiger partial charge in [-0.2, -0.15) is 0 Å². The summed E-state index contributed by atoms with van der Waals surface area (Å²) in [5.41, 5.74) is 0. The van der Waals surface area contributed by atoms with Crippen LogP contribution in [0.1, 0.15) is 46.0 Å². The van der Waals surface area contributed by atoms with E-state index in [4.69, 9.17) is 9.47 Å². The molecule has 0 amide bonds. The average molecular weight is 227 g/mol. The first-order chi connectivity index (χ1) is 7.70. The van der Waals surface area contributed by atoms with Crippen LogP contribution in [0.5, 0.6) is 0 Å². The minimum Gasteiger partial charge on any atom is -0.348 e. The van der Waals surface area contributed by atoms with E-state index in [0.717, 1.165) is 32.1 Å². The van der Waals surface area contributed by atoms with Crippen molar-refractivity contribution in [1.82, 2.24) is 5.32 Å². The fourth-order valence-electron chi connectivity index (χ4n) is 2.81. The molecular formula is C13H25NO2. The van der Waals surface area contributed by atoms with Crippen LogP contribution in [-0.4, -0.2) is 31.6 Å². The predicted molar refractivity (Wildman–Crippen MR) is 64.3 cm³/mol. The van der Waals surface area contributed by atoms with Crippen LogP contribution >= 0.6 is 0 Å². The van der Waals surface area contributed by atoms with Crippen molar-refractivity contribution in [2.24, 2.45) is 5.92 Å². The topological polar surface area (TPSA) is 30.5 Å². The fraction of sp³-hybridized carbons (Fsp3) is 1.00. The maximum Gasteiger partial charge on any atom is 0.166 e. The van der Waals surface area contributed by atoms with Crippen molar-refractivity contribution in [3.63, 3.8) is 0 Å². The zero-order chi connectivity index (χ0) is 11.4. The third kappa shape index (κ3) is 3.19. The van der Waals surface area contributed by atoms with Crippen LogP contribution in [0, 0.1) is 5.92 Å². The number of rotatable bonds is 4. The van der Waals surface area contributed by atoms with Gasteiger partial charge in [-0.15, -0.1) is 0 Å². The fourth-order valence-corrected chi connectivity index (χ4v) is 2.81. The van der Waals surface area contributed by atoms with Crippen LogP contribution in [0.3, 0.4) is 0 Å². The molecule has 2 aliphatic rings. The summed E-state index contributed by atoms with van der Waals surface area (Å²) in [4.78, 5) is 0. The van der Waals surface area contributed by atoms with Crippen LogP contribution in [0.4, 0.5) is 0 Å². The molecule has 0 spiro atoms. The van der Waals surface area contributed by atoms with E-state index in [0.29, 0.717) is 6.04 Å². The highest BCUT2D eigenvalue weighted by molar-refractivity contribution is 4.79. The molecule has 16 heavy (non-hydrogen) atoms. The summed E-state index contributed by atoms with van der Waals surface area (Å²) in [5.74, 6) is 0.497. The van der Waals surface area contributed by atoms with E-state index in [1.54, 1.807) is 0 Å². The molecule has 1 saturated heterocycles. The van der Waals surface area contributed by atoms with Crippen LogP contribution in [0.25, 0.3) is 0 Å². The molecule has 94 valence electrons. The first-order valence-corrected chi connectivity index (χ1v) is 6.71. The van der Waals surface area contributed by atoms with Gasteiger partial charge >= 0.3 is 0 Å². The van der Waals surface area contributed by atoms with Crippen molar-refractivity contribution in [3.8, 4) is 0 Å². The second-order valence-corrected chi connectivity index (χ2v) is 5.40. The van der Waals surface area contributed by atoms with Gasteiger partial charge in [-0.3, -0.25) is 0 Å². The molecule has 1 aliphatic carbocycles. The number of hydrogen-bond acceptors (Lipinski definition) is 3. The lowest BCUT2D eigenvalue weighted by Gasteiger charge is -2.31. The average Bonchev–Trinajstić information content (AvgIpc) is 2.68. The second kappa shape index (κ2) is 5.48. The Kier molecular flexibility index (Phi) is 4.22. The van der Waals surface area contributed by atoms with Crippen molar-refractivity contribution in [1.29, 1.82) is 0 Å². The first-order valence-electron chi connectivity index (χ1n) is 6.71. The van der Waals surface area contributed by atoms with Gasteiger partial charge in [-0.1, -0.05) is 19.8 Å². The van der Waals surface area contributed by atoms with E-state index in [9.17, 15) is 0 Å². The molecule has 0 aromatic rings. The van der Waals surface area contributed by atoms with Gasteiger partial charge in [0, 0.05) is 19.0 Å². The van der Waals surface area contributed by atoms with E-state index in [1.165, 1.54) is 25.7 Å². The maximum absolute atomic E-state index is 5.59. The van der Waals surface area contributed by atoms with Gasteiger partial charge in [0.1, 0.15) is 0 Å². The SMILES string of the molecule is CC1CCCCC1NCCC1(C)OCCO1. The molecule has 3 heteroatoms. The molecule has 0 aromatic heterocycles. The van der Waals surface area contributed by atoms with Gasteiger partial charge in [0.15, 0.2) is 5.79 Å². The van der Waals surface area contributed by atoms with Crippen LogP contribution in [0.15, 0.2) is 0 Å². The smallest absolute Gasteiger partial charge is 0.166 e. The predicted octanol–water partition coefficient (Wildman–Crippen LogP) is 2.31. The lowest BCUT2D eigenvalue weighted by molar-refractivity contribution is -0.146. The van der Waals surface area contributed by atoms with Crippen molar-refractivity contribution < 1.29 is 9.47 Å². The van der Waals surface area contributed by atoms with E-state index >= 15 is 0 Å². The van der Waals surface area contributed by atoms with Gasteiger partial charge in [-0.25, -0.2) is 0 Å². The molecule has 1 saturated carbocycles. The van der Waals surface area contributed by atoms with Crippen molar-refractivity contribution in [3.05, 3.63) is 0 Å². The zero-order valence-corrected chi connectivity index (χ0v) is 10.6. The largest absolute Gasteiger partial charge is 0.348 e. The summed E-state index contributed by atoms with van der Waals surface area (Å²) in [6.45, 7) is 6.91. The van der Waals surface area contributed by atoms with Gasteiger partial charge in [0.05, 0.1) is 13.2 Å². The normalized spacial score (nSPS) is 34.1. The summed E-state index contributed by atoms with van der Waals surface area (Å²) >= 11 is 0. The summed E-state index contributed by atoms with van der Waals surface area (Å²) in [7, 11) is 0. The molecule has 1 N–H and O–H groups in total. The Morgan fingerprint density at radius 2 is 1.88 bits per heavy atom. The van der Waals surface area contributed by atoms with Crippen LogP contribution < -0.4 is 5.32 Å². The molecule has 0 bridgehead atoms. The summed E-state index contributed by atoms with van der Waals surface area (Å²) in [5, 5.41) is 3.66. The number of hydrogen-bond donors (Lipinski definition) is 1. The van der Waals surface area contributed by atoms with Gasteiger partial charge in [0.2, 0.25) is 0 Å². The molecule has 2 atom stereocenters. The Morgan fingerprint density at radius 1 is 1.19 bits per heavy atom. The van der Waals surface area contributed by atoms with Gasteiger partial charge in [0.25, 0.3) is 0 Å². The summed E-state index contributed by atoms with van der Waals surface area (Å²) < 4.78 is 11.2. The Labute approximate surface area is 98.9 Å². The Morgan fingerprint density at radius 3 is 2.56 bits per heavy atom. The minimum atomic E-state index is -0.328. The number of nitrogens with one attached hydrogen (secondary N) is 1. The quantitative estimate of drug-likeness (QED) is 0.799. The lowest BCUT2D eigenvalue weighted by Crippen LogP contribution is -2.40. The highest BCUT2D eigenvalue weighted by atomic mass is 16.7. The standard InChI is InChI=1S/C13H25NO2/c1-11-5-3-4-6-12(11)14-8-7-13(2)15-9-10-16-13/h11-12,14H,3-10H2,1-2H3. The van der Waals surface area contributed by atoms with Gasteiger partial charge in [-0.05, 0) is 25.7 Å². The summed E-state index contributed by atoms with van der Waals surface area (Å²) in [6.07, 6.45) is 6.45. The van der Waals surface area contributed by atoms with E-state index in [2.05, 4.69) is 12.2 Å². The minimum absolute atomic E-state index is 0.328. The molecule has 2 rings (SSSR count). The van der Waals surface area contributed by atoms with Crippen LogP contribution in [-0.2, 0) is 9.47 Å². The molecule has 1 heterocycles. The maximum atomic E-state index is 5.59. The summed E-state index contributed by atoms with van der Waals surface area (Å²) in [6, 6.07) is 0.707. The third-order valence-electron chi connectivity index (χ3n) is 4.00. The lowest BCUT2D eigenvalue weighted by atomic mass is 9.86. The number of ether oxygens (including phenoxy) is 2. The zero-order valence-electron chi connectivity index (χ0n) is 10.6. The molecular weight excluding hydrogens is 202 g/mol. The Balaban J connectivity index is 1.66. The van der Waals surface area contributed by atoms with E-state index in [1.807, 2.05) is 6.92 Å². The third-order valence-corrected chi connectivity index (χ3v) is 4.00. The van der Waals surface area contributed by atoms with Crippen molar-refractivity contribution in [2.75, 3.05) is 19.8 Å². The second-order valence-electron chi connectivity index (χ2n) is 5.40. The molecule has 2 fully saturated rings. The van der Waals surface area contributed by atoms with E-state index < -0.39 is 0 Å².